The fraction of sp³-hybridized carbons (Fsp3) is 0.400. The molecule has 0 spiro atoms. The molecule has 2 aliphatic heterocycles. The van der Waals surface area contributed by atoms with Gasteiger partial charge in [0.25, 0.3) is 0 Å². The van der Waals surface area contributed by atoms with E-state index < -0.39 is 34.4 Å². The van der Waals surface area contributed by atoms with E-state index in [4.69, 9.17) is 14.2 Å². The van der Waals surface area contributed by atoms with Crippen LogP contribution in [-0.4, -0.2) is 84.7 Å². The Morgan fingerprint density at radius 2 is 1.82 bits per heavy atom. The highest BCUT2D eigenvalue weighted by atomic mass is 32.2. The summed E-state index contributed by atoms with van der Waals surface area (Å²) in [7, 11) is -4.03. The second kappa shape index (κ2) is 15.7. The summed E-state index contributed by atoms with van der Waals surface area (Å²) < 4.78 is 46.2. The van der Waals surface area contributed by atoms with Crippen LogP contribution in [0.1, 0.15) is 25.8 Å². The maximum absolute atomic E-state index is 14.0. The van der Waals surface area contributed by atoms with Crippen molar-refractivity contribution in [2.75, 3.05) is 31.6 Å². The van der Waals surface area contributed by atoms with E-state index in [2.05, 4.69) is 20.6 Å². The zero-order chi connectivity index (χ0) is 34.4. The fourth-order valence-corrected chi connectivity index (χ4v) is 8.37. The SMILES string of the molecule is CC(C)CN(C[C@H](O)[C@H](Cc1ccccc1)NC(=O)O[C@H]1CO[C@H]2OCC[C@H]21)S(=O)(=O)c1ccc(-c2csc(Nc3ccncc3)n2)cc1. The van der Waals surface area contributed by atoms with Gasteiger partial charge in [-0.1, -0.05) is 56.3 Å². The Balaban J connectivity index is 1.16. The van der Waals surface area contributed by atoms with Crippen LogP contribution in [-0.2, 0) is 30.7 Å². The number of alkyl carbamates (subject to hydrolysis) is 1. The first-order chi connectivity index (χ1) is 23.7. The van der Waals surface area contributed by atoms with Crippen molar-refractivity contribution in [2.24, 2.45) is 11.8 Å². The number of hydrogen-bond donors (Lipinski definition) is 3. The molecule has 0 unspecified atom stereocenters. The summed E-state index contributed by atoms with van der Waals surface area (Å²) >= 11 is 1.44. The lowest BCUT2D eigenvalue weighted by atomic mass is 10.0. The number of sulfonamides is 1. The number of aliphatic hydroxyl groups is 1. The lowest BCUT2D eigenvalue weighted by Gasteiger charge is -2.31. The van der Waals surface area contributed by atoms with Crippen molar-refractivity contribution in [3.05, 3.63) is 90.1 Å². The molecule has 4 aromatic rings. The van der Waals surface area contributed by atoms with Crippen LogP contribution in [0, 0.1) is 11.8 Å². The van der Waals surface area contributed by atoms with Crippen LogP contribution in [0.2, 0.25) is 0 Å². The van der Waals surface area contributed by atoms with Crippen molar-refractivity contribution in [1.82, 2.24) is 19.6 Å². The number of aromatic nitrogens is 2. The van der Waals surface area contributed by atoms with Gasteiger partial charge in [-0.2, -0.15) is 4.31 Å². The molecular formula is C35H41N5O7S2. The Labute approximate surface area is 290 Å². The van der Waals surface area contributed by atoms with Gasteiger partial charge >= 0.3 is 6.09 Å². The standard InChI is InChI=1S/C35H41N5O7S2/c1-23(2)19-40(49(43,44)27-10-8-25(9-11-27)30-22-48-34(38-30)37-26-12-15-36-16-13-26)20-31(41)29(18-24-6-4-3-5-7-24)39-35(42)47-32-21-46-33-28(32)14-17-45-33/h3-13,15-16,22-23,28-29,31-33,41H,14,17-21H2,1-2H3,(H,39,42)(H,36,37,38)/t28-,29-,31-,32-,33+/m0/s1. The summed E-state index contributed by atoms with van der Waals surface area (Å²) in [6.07, 6.45) is 1.61. The molecule has 3 N–H and O–H groups in total. The number of fused-ring (bicyclic) bond motifs is 1. The molecule has 0 aliphatic carbocycles. The number of nitrogens with one attached hydrogen (secondary N) is 2. The van der Waals surface area contributed by atoms with Gasteiger partial charge in [0.05, 0.1) is 41.9 Å². The van der Waals surface area contributed by atoms with Crippen molar-refractivity contribution in [3.63, 3.8) is 0 Å². The number of thiazole rings is 1. The molecule has 6 rings (SSSR count). The van der Waals surface area contributed by atoms with E-state index in [-0.39, 0.29) is 49.1 Å². The first-order valence-electron chi connectivity index (χ1n) is 16.3. The average molecular weight is 708 g/mol. The quantitative estimate of drug-likeness (QED) is 0.162. The smallest absolute Gasteiger partial charge is 0.407 e. The number of pyridine rings is 1. The van der Waals surface area contributed by atoms with Crippen LogP contribution in [0.5, 0.6) is 0 Å². The third-order valence-electron chi connectivity index (χ3n) is 8.49. The maximum Gasteiger partial charge on any atom is 0.407 e. The van der Waals surface area contributed by atoms with Crippen LogP contribution < -0.4 is 10.6 Å². The molecule has 14 heteroatoms. The lowest BCUT2D eigenvalue weighted by Crippen LogP contribution is -2.51. The molecule has 2 aromatic heterocycles. The molecule has 0 radical (unpaired) electrons. The van der Waals surface area contributed by atoms with Crippen LogP contribution in [0.15, 0.2) is 89.4 Å². The first-order valence-corrected chi connectivity index (χ1v) is 18.6. The summed E-state index contributed by atoms with van der Waals surface area (Å²) in [6, 6.07) is 18.8. The van der Waals surface area contributed by atoms with E-state index in [1.165, 1.54) is 15.6 Å². The number of carbonyl (C=O) groups excluding carboxylic acids is 1. The molecule has 260 valence electrons. The van der Waals surface area contributed by atoms with E-state index >= 15 is 0 Å². The summed E-state index contributed by atoms with van der Waals surface area (Å²) in [5, 5.41) is 20.3. The normalized spacial score (nSPS) is 20.2. The van der Waals surface area contributed by atoms with Crippen LogP contribution in [0.25, 0.3) is 11.3 Å². The summed E-state index contributed by atoms with van der Waals surface area (Å²) in [5.41, 5.74) is 3.21. The van der Waals surface area contributed by atoms with Gasteiger partial charge in [0.15, 0.2) is 11.4 Å². The summed E-state index contributed by atoms with van der Waals surface area (Å²) in [5.74, 6) is -0.0698. The highest BCUT2D eigenvalue weighted by Crippen LogP contribution is 2.33. The maximum atomic E-state index is 14.0. The van der Waals surface area contributed by atoms with E-state index in [1.807, 2.05) is 61.7 Å². The Bertz CT molecular complexity index is 1770. The highest BCUT2D eigenvalue weighted by Gasteiger charge is 2.44. The predicted molar refractivity (Wildman–Crippen MR) is 186 cm³/mol. The van der Waals surface area contributed by atoms with Crippen molar-refractivity contribution in [1.29, 1.82) is 0 Å². The van der Waals surface area contributed by atoms with Crippen LogP contribution in [0.3, 0.4) is 0 Å². The fourth-order valence-electron chi connectivity index (χ4n) is 6.00. The number of anilines is 2. The van der Waals surface area contributed by atoms with Gasteiger partial charge in [0.2, 0.25) is 10.0 Å². The van der Waals surface area contributed by atoms with E-state index in [9.17, 15) is 18.3 Å². The molecular weight excluding hydrogens is 667 g/mol. The van der Waals surface area contributed by atoms with Gasteiger partial charge in [0.1, 0.15) is 6.10 Å². The molecule has 0 saturated carbocycles. The molecule has 49 heavy (non-hydrogen) atoms. The molecule has 2 aliphatic rings. The van der Waals surface area contributed by atoms with Crippen LogP contribution >= 0.6 is 11.3 Å². The highest BCUT2D eigenvalue weighted by molar-refractivity contribution is 7.89. The second-order valence-corrected chi connectivity index (χ2v) is 15.4. The van der Waals surface area contributed by atoms with Gasteiger partial charge in [0, 0.05) is 42.1 Å². The number of nitrogens with zero attached hydrogens (tertiary/aromatic N) is 3. The van der Waals surface area contributed by atoms with Gasteiger partial charge in [-0.25, -0.2) is 18.2 Å². The molecule has 2 saturated heterocycles. The minimum Gasteiger partial charge on any atom is -0.443 e. The third kappa shape index (κ3) is 8.82. The van der Waals surface area contributed by atoms with Crippen LogP contribution in [0.4, 0.5) is 15.6 Å². The molecule has 4 heterocycles. The molecule has 2 fully saturated rings. The first kappa shape index (κ1) is 34.9. The number of amides is 1. The Morgan fingerprint density at radius 1 is 1.06 bits per heavy atom. The molecule has 1 amide bonds. The number of aliphatic hydroxyl groups excluding tert-OH is 1. The summed E-state index contributed by atoms with van der Waals surface area (Å²) in [4.78, 5) is 21.9. The molecule has 2 aromatic carbocycles. The number of benzene rings is 2. The van der Waals surface area contributed by atoms with Crippen molar-refractivity contribution in [2.45, 2.75) is 56.1 Å². The number of ether oxygens (including phenoxy) is 3. The number of hydrogen-bond acceptors (Lipinski definition) is 11. The monoisotopic (exact) mass is 707 g/mol. The van der Waals surface area contributed by atoms with Gasteiger partial charge < -0.3 is 30.0 Å². The van der Waals surface area contributed by atoms with Crippen molar-refractivity contribution >= 4 is 38.3 Å². The zero-order valence-electron chi connectivity index (χ0n) is 27.3. The minimum absolute atomic E-state index is 0.0305. The Kier molecular flexibility index (Phi) is 11.2. The van der Waals surface area contributed by atoms with Crippen molar-refractivity contribution < 1.29 is 32.5 Å². The largest absolute Gasteiger partial charge is 0.443 e. The Morgan fingerprint density at radius 3 is 2.55 bits per heavy atom. The predicted octanol–water partition coefficient (Wildman–Crippen LogP) is 5.06. The lowest BCUT2D eigenvalue weighted by molar-refractivity contribution is -0.0907. The van der Waals surface area contributed by atoms with E-state index in [0.717, 1.165) is 23.2 Å². The summed E-state index contributed by atoms with van der Waals surface area (Å²) in [6.45, 7) is 4.55. The second-order valence-electron chi connectivity index (χ2n) is 12.6. The van der Waals surface area contributed by atoms with E-state index in [0.29, 0.717) is 17.4 Å². The van der Waals surface area contributed by atoms with Gasteiger partial charge in [-0.15, -0.1) is 11.3 Å². The Hall–Kier alpha value is -3.92. The van der Waals surface area contributed by atoms with E-state index in [1.54, 1.807) is 36.7 Å². The number of carbonyl (C=O) groups is 1. The number of rotatable bonds is 14. The van der Waals surface area contributed by atoms with Gasteiger partial charge in [-0.05, 0) is 48.6 Å². The molecule has 12 nitrogen and oxygen atoms in total. The third-order valence-corrected chi connectivity index (χ3v) is 11.1. The minimum atomic E-state index is -4.03. The van der Waals surface area contributed by atoms with Gasteiger partial charge in [-0.3, -0.25) is 4.98 Å². The average Bonchev–Trinajstić information content (AvgIpc) is 3.84. The molecule has 5 atom stereocenters. The molecule has 0 bridgehead atoms. The van der Waals surface area contributed by atoms with Crippen molar-refractivity contribution in [3.8, 4) is 11.3 Å². The zero-order valence-corrected chi connectivity index (χ0v) is 29.0. The topological polar surface area (TPSA) is 152 Å².